The normalized spacial score (nSPS) is 37.1. The monoisotopic (exact) mass is 489 g/mol. The van der Waals surface area contributed by atoms with Crippen LogP contribution in [0.1, 0.15) is 74.1 Å². The molecule has 1 fully saturated rings. The molecule has 1 rings (SSSR count). The van der Waals surface area contributed by atoms with Crippen LogP contribution in [0, 0.1) is 29.6 Å². The van der Waals surface area contributed by atoms with Crippen molar-refractivity contribution in [2.24, 2.45) is 34.7 Å². The Bertz CT molecular complexity index is 651. The van der Waals surface area contributed by atoms with Gasteiger partial charge >= 0.3 is 5.97 Å². The van der Waals surface area contributed by atoms with Crippen LogP contribution in [0.15, 0.2) is 5.16 Å². The maximum absolute atomic E-state index is 12.8. The molecule has 9 nitrogen and oxygen atoms in total. The predicted octanol–water partition coefficient (Wildman–Crippen LogP) is 3.10. The molecule has 0 aromatic rings. The van der Waals surface area contributed by atoms with Crippen LogP contribution in [0.25, 0.3) is 0 Å². The third-order valence-corrected chi connectivity index (χ3v) is 7.01. The Kier molecular flexibility index (Phi) is 12.4. The molecule has 200 valence electrons. The van der Waals surface area contributed by atoms with Crippen molar-refractivity contribution < 1.29 is 39.2 Å². The fourth-order valence-electron chi connectivity index (χ4n) is 4.97. The summed E-state index contributed by atoms with van der Waals surface area (Å²) in [5, 5.41) is 38.0. The lowest BCUT2D eigenvalue weighted by Gasteiger charge is -2.45. The van der Waals surface area contributed by atoms with Crippen LogP contribution < -0.4 is 0 Å². The zero-order valence-corrected chi connectivity index (χ0v) is 22.2. The molecule has 1 heterocycles. The Labute approximate surface area is 204 Å². The Morgan fingerprint density at radius 3 is 2.15 bits per heavy atom. The number of hydrogen-bond donors (Lipinski definition) is 3. The number of ether oxygens (including phenoxy) is 3. The summed E-state index contributed by atoms with van der Waals surface area (Å²) in [5.74, 6) is -4.05. The van der Waals surface area contributed by atoms with Crippen molar-refractivity contribution in [3.05, 3.63) is 0 Å². The summed E-state index contributed by atoms with van der Waals surface area (Å²) in [6, 6.07) is 0. The standard InChI is InChI=1S/C25H47NO8/c1-9-21-24(7,28)25(29,30)20(6)22(26-33-15-32-11-10-31-8)18(4)13-16(2)12-17(3)14-19(5)23(27)34-21/h16-21,28-30H,9-15H2,1-8H3/b26-22+. The SMILES string of the molecule is CCC1OC(=O)C(C)CC(C)CC(C)CC(C)/C(=N\OCOCCOC)C(C)C(O)(O)C1(C)O. The number of nitrogens with zero attached hydrogens (tertiary/aromatic N) is 1. The van der Waals surface area contributed by atoms with E-state index >= 15 is 0 Å². The van der Waals surface area contributed by atoms with E-state index in [0.717, 1.165) is 12.8 Å². The van der Waals surface area contributed by atoms with Gasteiger partial charge in [-0.1, -0.05) is 46.7 Å². The number of aliphatic hydroxyl groups is 3. The average molecular weight is 490 g/mol. The van der Waals surface area contributed by atoms with Crippen molar-refractivity contribution in [2.75, 3.05) is 27.1 Å². The zero-order valence-electron chi connectivity index (χ0n) is 22.2. The average Bonchev–Trinajstić information content (AvgIpc) is 2.74. The van der Waals surface area contributed by atoms with E-state index in [0.29, 0.717) is 37.2 Å². The molecule has 0 aromatic carbocycles. The minimum atomic E-state index is -2.65. The number of carbonyl (C=O) groups excluding carboxylic acids is 1. The van der Waals surface area contributed by atoms with E-state index in [2.05, 4.69) is 19.0 Å². The first-order valence-electron chi connectivity index (χ1n) is 12.4. The number of cyclic esters (lactones) is 1. The lowest BCUT2D eigenvalue weighted by molar-refractivity contribution is -0.310. The van der Waals surface area contributed by atoms with Crippen molar-refractivity contribution in [2.45, 2.75) is 91.6 Å². The highest BCUT2D eigenvalue weighted by atomic mass is 16.7. The molecule has 7 atom stereocenters. The molecule has 0 aliphatic carbocycles. The van der Waals surface area contributed by atoms with Crippen molar-refractivity contribution in [1.82, 2.24) is 0 Å². The molecule has 0 spiro atoms. The van der Waals surface area contributed by atoms with Crippen LogP contribution in [-0.4, -0.2) is 71.6 Å². The second-order valence-corrected chi connectivity index (χ2v) is 10.3. The quantitative estimate of drug-likeness (QED) is 0.215. The smallest absolute Gasteiger partial charge is 0.309 e. The lowest BCUT2D eigenvalue weighted by Crippen LogP contribution is -2.65. The Balaban J connectivity index is 3.33. The molecule has 1 saturated heterocycles. The second kappa shape index (κ2) is 13.7. The number of esters is 1. The molecule has 9 heteroatoms. The highest BCUT2D eigenvalue weighted by Crippen LogP contribution is 2.37. The molecule has 0 saturated carbocycles. The van der Waals surface area contributed by atoms with Gasteiger partial charge in [-0.2, -0.15) is 0 Å². The number of carbonyl (C=O) groups is 1. The first-order chi connectivity index (χ1) is 15.8. The second-order valence-electron chi connectivity index (χ2n) is 10.3. The molecule has 1 aliphatic rings. The zero-order chi connectivity index (χ0) is 26.1. The molecule has 0 bridgehead atoms. The van der Waals surface area contributed by atoms with Crippen LogP contribution in [0.3, 0.4) is 0 Å². The van der Waals surface area contributed by atoms with E-state index in [1.165, 1.54) is 6.92 Å². The van der Waals surface area contributed by atoms with Crippen LogP contribution >= 0.6 is 0 Å². The topological polar surface area (TPSA) is 127 Å². The maximum Gasteiger partial charge on any atom is 0.309 e. The summed E-state index contributed by atoms with van der Waals surface area (Å²) in [5.41, 5.74) is -1.76. The minimum Gasteiger partial charge on any atom is -0.459 e. The number of rotatable bonds is 7. The van der Waals surface area contributed by atoms with Gasteiger partial charge in [-0.25, -0.2) is 0 Å². The summed E-state index contributed by atoms with van der Waals surface area (Å²) >= 11 is 0. The van der Waals surface area contributed by atoms with Crippen LogP contribution in [0.4, 0.5) is 0 Å². The largest absolute Gasteiger partial charge is 0.459 e. The van der Waals surface area contributed by atoms with E-state index < -0.39 is 29.4 Å². The molecule has 1 aliphatic heterocycles. The van der Waals surface area contributed by atoms with Gasteiger partial charge in [-0.05, 0) is 50.4 Å². The van der Waals surface area contributed by atoms with E-state index in [4.69, 9.17) is 19.0 Å². The Morgan fingerprint density at radius 1 is 1.00 bits per heavy atom. The molecule has 3 N–H and O–H groups in total. The van der Waals surface area contributed by atoms with E-state index in [1.807, 2.05) is 13.8 Å². The van der Waals surface area contributed by atoms with Gasteiger partial charge in [-0.3, -0.25) is 4.79 Å². The van der Waals surface area contributed by atoms with Gasteiger partial charge in [0.05, 0.1) is 30.8 Å². The van der Waals surface area contributed by atoms with Crippen LogP contribution in [-0.2, 0) is 23.8 Å². The van der Waals surface area contributed by atoms with Gasteiger partial charge in [0.15, 0.2) is 5.60 Å². The summed E-state index contributed by atoms with van der Waals surface area (Å²) < 4.78 is 15.8. The van der Waals surface area contributed by atoms with E-state index in [9.17, 15) is 20.1 Å². The Morgan fingerprint density at radius 2 is 1.59 bits per heavy atom. The van der Waals surface area contributed by atoms with Gasteiger partial charge in [0, 0.05) is 7.11 Å². The molecule has 0 radical (unpaired) electrons. The third kappa shape index (κ3) is 8.16. The number of hydrogen-bond acceptors (Lipinski definition) is 9. The first-order valence-corrected chi connectivity index (χ1v) is 12.4. The molecule has 34 heavy (non-hydrogen) atoms. The Hall–Kier alpha value is -1.26. The third-order valence-electron chi connectivity index (χ3n) is 7.01. The highest BCUT2D eigenvalue weighted by Gasteiger charge is 2.56. The fourth-order valence-corrected chi connectivity index (χ4v) is 4.97. The van der Waals surface area contributed by atoms with Crippen molar-refractivity contribution in [3.63, 3.8) is 0 Å². The first kappa shape index (κ1) is 30.8. The van der Waals surface area contributed by atoms with Gasteiger partial charge in [0.2, 0.25) is 12.6 Å². The molecular formula is C25H47NO8. The molecular weight excluding hydrogens is 442 g/mol. The van der Waals surface area contributed by atoms with E-state index in [1.54, 1.807) is 21.0 Å². The van der Waals surface area contributed by atoms with Crippen LogP contribution in [0.5, 0.6) is 0 Å². The van der Waals surface area contributed by atoms with Crippen molar-refractivity contribution in [3.8, 4) is 0 Å². The molecule has 0 aromatic heterocycles. The number of methoxy groups -OCH3 is 1. The summed E-state index contributed by atoms with van der Waals surface area (Å²) in [6.07, 6.45) is 1.38. The number of oxime groups is 1. The van der Waals surface area contributed by atoms with Gasteiger partial charge in [0.1, 0.15) is 6.10 Å². The van der Waals surface area contributed by atoms with Crippen molar-refractivity contribution in [1.29, 1.82) is 0 Å². The predicted molar refractivity (Wildman–Crippen MR) is 129 cm³/mol. The van der Waals surface area contributed by atoms with Crippen molar-refractivity contribution >= 4 is 11.7 Å². The maximum atomic E-state index is 12.8. The summed E-state index contributed by atoms with van der Waals surface area (Å²) in [4.78, 5) is 18.1. The minimum absolute atomic E-state index is 0.119. The molecule has 7 unspecified atom stereocenters. The highest BCUT2D eigenvalue weighted by molar-refractivity contribution is 5.89. The van der Waals surface area contributed by atoms with Gasteiger partial charge < -0.3 is 34.4 Å². The molecule has 0 amide bonds. The lowest BCUT2D eigenvalue weighted by atomic mass is 9.74. The summed E-state index contributed by atoms with van der Waals surface area (Å²) in [6.45, 7) is 13.2. The van der Waals surface area contributed by atoms with Gasteiger partial charge in [0.25, 0.3) is 0 Å². The summed E-state index contributed by atoms with van der Waals surface area (Å²) in [7, 11) is 1.57. The van der Waals surface area contributed by atoms with E-state index in [-0.39, 0.29) is 25.0 Å². The van der Waals surface area contributed by atoms with Gasteiger partial charge in [-0.15, -0.1) is 0 Å². The van der Waals surface area contributed by atoms with Crippen LogP contribution in [0.2, 0.25) is 0 Å². The fraction of sp³-hybridized carbons (Fsp3) is 0.920.